The van der Waals surface area contributed by atoms with Crippen LogP contribution in [0.5, 0.6) is 5.75 Å². The molecule has 0 aliphatic rings. The van der Waals surface area contributed by atoms with E-state index in [4.69, 9.17) is 14.2 Å². The number of hydrogen-bond acceptors (Lipinski definition) is 7. The van der Waals surface area contributed by atoms with E-state index in [1.54, 1.807) is 52.0 Å². The number of rotatable bonds is 12. The molecule has 2 rings (SSSR count). The van der Waals surface area contributed by atoms with Gasteiger partial charge in [0.05, 0.1) is 12.2 Å². The lowest BCUT2D eigenvalue weighted by molar-refractivity contribution is -0.155. The maximum Gasteiger partial charge on any atom is 0.335 e. The molecule has 0 saturated carbocycles. The zero-order valence-electron chi connectivity index (χ0n) is 19.8. The Morgan fingerprint density at radius 2 is 1.74 bits per heavy atom. The minimum atomic E-state index is -4.28. The predicted octanol–water partition coefficient (Wildman–Crippen LogP) is 3.33. The summed E-state index contributed by atoms with van der Waals surface area (Å²) < 4.78 is 44.4. The van der Waals surface area contributed by atoms with Crippen LogP contribution in [0.3, 0.4) is 0 Å². The molecule has 34 heavy (non-hydrogen) atoms. The number of carboxylic acids is 1. The lowest BCUT2D eigenvalue weighted by atomic mass is 10.2. The number of benzene rings is 2. The zero-order valence-corrected chi connectivity index (χ0v) is 20.6. The number of esters is 1. The molecule has 0 atom stereocenters. The summed E-state index contributed by atoms with van der Waals surface area (Å²) >= 11 is 0. The Balaban J connectivity index is 2.42. The third-order valence-electron chi connectivity index (χ3n) is 4.46. The van der Waals surface area contributed by atoms with Gasteiger partial charge in [-0.15, -0.1) is 0 Å². The van der Waals surface area contributed by atoms with Gasteiger partial charge in [0.15, 0.2) is 0 Å². The molecule has 0 bridgehead atoms. The van der Waals surface area contributed by atoms with Crippen LogP contribution in [0.2, 0.25) is 0 Å². The second-order valence-electron chi connectivity index (χ2n) is 8.36. The van der Waals surface area contributed by atoms with Crippen LogP contribution in [0.25, 0.3) is 0 Å². The van der Waals surface area contributed by atoms with Crippen LogP contribution in [-0.4, -0.2) is 61.7 Å². The first-order valence-corrected chi connectivity index (χ1v) is 12.2. The highest BCUT2D eigenvalue weighted by atomic mass is 32.2. The lowest BCUT2D eigenvalue weighted by Crippen LogP contribution is -2.40. The van der Waals surface area contributed by atoms with Crippen molar-refractivity contribution >= 4 is 22.0 Å². The maximum absolute atomic E-state index is 13.6. The van der Waals surface area contributed by atoms with Gasteiger partial charge < -0.3 is 19.3 Å². The third-order valence-corrected chi connectivity index (χ3v) is 6.34. The van der Waals surface area contributed by atoms with E-state index >= 15 is 0 Å². The van der Waals surface area contributed by atoms with Gasteiger partial charge in [0, 0.05) is 13.2 Å². The van der Waals surface area contributed by atoms with Gasteiger partial charge >= 0.3 is 11.9 Å². The molecule has 2 aromatic rings. The van der Waals surface area contributed by atoms with E-state index in [0.29, 0.717) is 6.61 Å². The van der Waals surface area contributed by atoms with Crippen molar-refractivity contribution in [3.63, 3.8) is 0 Å². The summed E-state index contributed by atoms with van der Waals surface area (Å²) in [5, 5.41) is 9.37. The van der Waals surface area contributed by atoms with Gasteiger partial charge in [0.25, 0.3) is 0 Å². The topological polar surface area (TPSA) is 119 Å². The van der Waals surface area contributed by atoms with Crippen molar-refractivity contribution in [3.05, 3.63) is 59.7 Å². The van der Waals surface area contributed by atoms with Crippen LogP contribution >= 0.6 is 0 Å². The molecule has 0 heterocycles. The molecule has 0 aliphatic carbocycles. The molecule has 10 heteroatoms. The highest BCUT2D eigenvalue weighted by Crippen LogP contribution is 2.29. The predicted molar refractivity (Wildman–Crippen MR) is 125 cm³/mol. The van der Waals surface area contributed by atoms with Crippen molar-refractivity contribution in [2.75, 3.05) is 26.3 Å². The number of carbonyl (C=O) groups is 2. The van der Waals surface area contributed by atoms with Crippen LogP contribution in [0.15, 0.2) is 53.4 Å². The minimum Gasteiger partial charge on any atom is -0.487 e. The van der Waals surface area contributed by atoms with Crippen LogP contribution in [0.1, 0.15) is 43.6 Å². The van der Waals surface area contributed by atoms with Gasteiger partial charge in [-0.25, -0.2) is 13.2 Å². The molecule has 0 spiro atoms. The summed E-state index contributed by atoms with van der Waals surface area (Å²) in [6.07, 6.45) is 0. The van der Waals surface area contributed by atoms with Crippen molar-refractivity contribution in [2.45, 2.75) is 44.8 Å². The largest absolute Gasteiger partial charge is 0.487 e. The summed E-state index contributed by atoms with van der Waals surface area (Å²) in [4.78, 5) is 23.7. The number of hydrogen-bond donors (Lipinski definition) is 1. The van der Waals surface area contributed by atoms with Crippen molar-refractivity contribution in [1.29, 1.82) is 0 Å². The van der Waals surface area contributed by atoms with Crippen LogP contribution in [0, 0.1) is 0 Å². The van der Waals surface area contributed by atoms with Gasteiger partial charge in [-0.1, -0.05) is 30.3 Å². The van der Waals surface area contributed by atoms with Crippen molar-refractivity contribution in [1.82, 2.24) is 4.31 Å². The van der Waals surface area contributed by atoms with Gasteiger partial charge in [0.2, 0.25) is 10.0 Å². The van der Waals surface area contributed by atoms with E-state index in [0.717, 1.165) is 15.9 Å². The number of sulfonamides is 1. The van der Waals surface area contributed by atoms with E-state index in [1.165, 1.54) is 12.1 Å². The number of ether oxygens (including phenoxy) is 3. The lowest BCUT2D eigenvalue weighted by Gasteiger charge is -2.25. The SMILES string of the molecule is CCOCCN(CC(=O)OC(C)(C)C)S(=O)(=O)c1ccc(C(=O)O)cc1OCc1ccccc1. The first-order chi connectivity index (χ1) is 15.9. The monoisotopic (exact) mass is 493 g/mol. The fourth-order valence-electron chi connectivity index (χ4n) is 2.95. The average molecular weight is 494 g/mol. The molecule has 0 aliphatic heterocycles. The maximum atomic E-state index is 13.6. The van der Waals surface area contributed by atoms with Crippen LogP contribution in [0.4, 0.5) is 0 Å². The number of aromatic carboxylic acids is 1. The van der Waals surface area contributed by atoms with Gasteiger partial charge in [-0.2, -0.15) is 4.31 Å². The Morgan fingerprint density at radius 1 is 1.06 bits per heavy atom. The highest BCUT2D eigenvalue weighted by Gasteiger charge is 2.31. The van der Waals surface area contributed by atoms with Crippen LogP contribution < -0.4 is 4.74 Å². The van der Waals surface area contributed by atoms with E-state index in [9.17, 15) is 23.1 Å². The molecule has 2 aromatic carbocycles. The average Bonchev–Trinajstić information content (AvgIpc) is 2.76. The Morgan fingerprint density at radius 3 is 2.32 bits per heavy atom. The number of carbonyl (C=O) groups excluding carboxylic acids is 1. The molecule has 186 valence electrons. The summed E-state index contributed by atoms with van der Waals surface area (Å²) in [6.45, 7) is 6.65. The number of carboxylic acid groups (broad SMARTS) is 1. The Labute approximate surface area is 200 Å². The summed E-state index contributed by atoms with van der Waals surface area (Å²) in [7, 11) is -4.28. The molecule has 9 nitrogen and oxygen atoms in total. The molecule has 0 radical (unpaired) electrons. The summed E-state index contributed by atoms with van der Waals surface area (Å²) in [5.41, 5.74) is -0.150. The molecular weight excluding hydrogens is 462 g/mol. The standard InChI is InChI=1S/C24H31NO8S/c1-5-31-14-13-25(16-22(26)33-24(2,3)4)34(29,30)21-12-11-19(23(27)28)15-20(21)32-17-18-9-7-6-8-10-18/h6-12,15H,5,13-14,16-17H2,1-4H3,(H,27,28). The zero-order chi connectivity index (χ0) is 25.4. The number of nitrogens with zero attached hydrogens (tertiary/aromatic N) is 1. The van der Waals surface area contributed by atoms with Crippen molar-refractivity contribution in [2.24, 2.45) is 0 Å². The molecule has 0 unspecified atom stereocenters. The van der Waals surface area contributed by atoms with E-state index in [-0.39, 0.29) is 36.0 Å². The summed E-state index contributed by atoms with van der Waals surface area (Å²) in [5.74, 6) is -2.08. The van der Waals surface area contributed by atoms with Crippen molar-refractivity contribution in [3.8, 4) is 5.75 Å². The van der Waals surface area contributed by atoms with Gasteiger partial charge in [0.1, 0.15) is 29.4 Å². The fraction of sp³-hybridized carbons (Fsp3) is 0.417. The van der Waals surface area contributed by atoms with Gasteiger partial charge in [-0.05, 0) is 51.5 Å². The minimum absolute atomic E-state index is 0.0252. The fourth-order valence-corrected chi connectivity index (χ4v) is 4.43. The third kappa shape index (κ3) is 8.12. The smallest absolute Gasteiger partial charge is 0.335 e. The Hall–Kier alpha value is -2.95. The second kappa shape index (κ2) is 12.0. The molecule has 0 amide bonds. The molecule has 0 saturated heterocycles. The quantitative estimate of drug-likeness (QED) is 0.353. The van der Waals surface area contributed by atoms with E-state index in [2.05, 4.69) is 0 Å². The van der Waals surface area contributed by atoms with E-state index in [1.807, 2.05) is 6.07 Å². The van der Waals surface area contributed by atoms with E-state index < -0.39 is 34.1 Å². The molecule has 0 aromatic heterocycles. The first-order valence-electron chi connectivity index (χ1n) is 10.8. The summed E-state index contributed by atoms with van der Waals surface area (Å²) in [6, 6.07) is 12.5. The Kier molecular flexibility index (Phi) is 9.60. The highest BCUT2D eigenvalue weighted by molar-refractivity contribution is 7.89. The Bertz CT molecular complexity index is 1080. The van der Waals surface area contributed by atoms with Crippen molar-refractivity contribution < 1.29 is 37.3 Å². The van der Waals surface area contributed by atoms with Crippen LogP contribution in [-0.2, 0) is 30.9 Å². The second-order valence-corrected chi connectivity index (χ2v) is 10.3. The molecule has 1 N–H and O–H groups in total. The normalized spacial score (nSPS) is 11.9. The van der Waals surface area contributed by atoms with Gasteiger partial charge in [-0.3, -0.25) is 4.79 Å². The molecule has 0 fully saturated rings. The first kappa shape index (κ1) is 27.3. The molecular formula is C24H31NO8S.